The molecule has 0 amide bonds. The van der Waals surface area contributed by atoms with Gasteiger partial charge in [-0.2, -0.15) is 0 Å². The third-order valence-corrected chi connectivity index (χ3v) is 5.40. The summed E-state index contributed by atoms with van der Waals surface area (Å²) in [6.45, 7) is 0. The maximum atomic E-state index is 12.1. The van der Waals surface area contributed by atoms with Gasteiger partial charge in [0.1, 0.15) is 4.90 Å². The standard InChI is InChI=1S/C11H14ClNO2S/c12-9-5-2-6-10(13)11(9)16(14,15)7-8-3-1-4-8/h2,5-6,8H,1,3-4,7,13H2. The summed E-state index contributed by atoms with van der Waals surface area (Å²) in [7, 11) is -3.34. The fraction of sp³-hybridized carbons (Fsp3) is 0.455. The van der Waals surface area contributed by atoms with Gasteiger partial charge >= 0.3 is 0 Å². The summed E-state index contributed by atoms with van der Waals surface area (Å²) in [5.41, 5.74) is 5.92. The number of rotatable bonds is 3. The lowest BCUT2D eigenvalue weighted by atomic mass is 9.87. The van der Waals surface area contributed by atoms with E-state index in [0.717, 1.165) is 19.3 Å². The molecule has 16 heavy (non-hydrogen) atoms. The first-order valence-corrected chi connectivity index (χ1v) is 7.30. The first-order chi connectivity index (χ1) is 7.50. The molecule has 0 radical (unpaired) electrons. The molecule has 1 fully saturated rings. The van der Waals surface area contributed by atoms with E-state index in [1.165, 1.54) is 0 Å². The lowest BCUT2D eigenvalue weighted by molar-refractivity contribution is 0.347. The second kappa shape index (κ2) is 4.26. The molecule has 1 aliphatic rings. The van der Waals surface area contributed by atoms with E-state index >= 15 is 0 Å². The highest BCUT2D eigenvalue weighted by molar-refractivity contribution is 7.91. The zero-order chi connectivity index (χ0) is 11.8. The average Bonchev–Trinajstić information content (AvgIpc) is 2.11. The van der Waals surface area contributed by atoms with Crippen molar-refractivity contribution in [2.45, 2.75) is 24.2 Å². The first-order valence-electron chi connectivity index (χ1n) is 5.27. The van der Waals surface area contributed by atoms with Crippen molar-refractivity contribution >= 4 is 27.1 Å². The van der Waals surface area contributed by atoms with E-state index in [0.29, 0.717) is 0 Å². The molecule has 0 atom stereocenters. The molecule has 1 saturated carbocycles. The topological polar surface area (TPSA) is 60.2 Å². The monoisotopic (exact) mass is 259 g/mol. The number of hydrogen-bond donors (Lipinski definition) is 1. The van der Waals surface area contributed by atoms with Crippen LogP contribution in [0.1, 0.15) is 19.3 Å². The van der Waals surface area contributed by atoms with Crippen LogP contribution in [0, 0.1) is 5.92 Å². The third-order valence-electron chi connectivity index (χ3n) is 2.99. The molecule has 0 aliphatic heterocycles. The summed E-state index contributed by atoms with van der Waals surface area (Å²) in [5, 5.41) is 0.222. The Morgan fingerprint density at radius 3 is 2.56 bits per heavy atom. The van der Waals surface area contributed by atoms with Crippen molar-refractivity contribution < 1.29 is 8.42 Å². The Labute approximate surface area is 101 Å². The Morgan fingerprint density at radius 1 is 1.38 bits per heavy atom. The average molecular weight is 260 g/mol. The van der Waals surface area contributed by atoms with E-state index in [1.807, 2.05) is 0 Å². The van der Waals surface area contributed by atoms with Gasteiger partial charge in [-0.25, -0.2) is 8.42 Å². The molecule has 0 spiro atoms. The molecule has 88 valence electrons. The summed E-state index contributed by atoms with van der Waals surface area (Å²) in [6, 6.07) is 4.78. The van der Waals surface area contributed by atoms with Gasteiger partial charge in [0.15, 0.2) is 9.84 Å². The predicted molar refractivity (Wildman–Crippen MR) is 65.3 cm³/mol. The maximum absolute atomic E-state index is 12.1. The Bertz CT molecular complexity index is 474. The second-order valence-electron chi connectivity index (χ2n) is 4.24. The van der Waals surface area contributed by atoms with E-state index in [9.17, 15) is 8.42 Å². The molecule has 5 heteroatoms. The molecule has 2 rings (SSSR count). The van der Waals surface area contributed by atoms with Crippen LogP contribution in [0.15, 0.2) is 23.1 Å². The molecule has 0 unspecified atom stereocenters. The smallest absolute Gasteiger partial charge is 0.182 e. The van der Waals surface area contributed by atoms with Crippen LogP contribution in [-0.4, -0.2) is 14.2 Å². The zero-order valence-corrected chi connectivity index (χ0v) is 10.4. The van der Waals surface area contributed by atoms with Crippen molar-refractivity contribution in [1.82, 2.24) is 0 Å². The third kappa shape index (κ3) is 2.18. The van der Waals surface area contributed by atoms with Gasteiger partial charge < -0.3 is 5.73 Å². The fourth-order valence-corrected chi connectivity index (χ4v) is 4.35. The molecule has 0 aromatic heterocycles. The predicted octanol–water partition coefficient (Wildman–Crippen LogP) is 2.50. The number of benzene rings is 1. The molecule has 2 N–H and O–H groups in total. The van der Waals surface area contributed by atoms with Crippen molar-refractivity contribution in [3.05, 3.63) is 23.2 Å². The van der Waals surface area contributed by atoms with Crippen LogP contribution in [0.2, 0.25) is 5.02 Å². The fourth-order valence-electron chi connectivity index (χ4n) is 1.91. The number of nitrogens with two attached hydrogens (primary N) is 1. The lowest BCUT2D eigenvalue weighted by Crippen LogP contribution is -2.23. The van der Waals surface area contributed by atoms with Gasteiger partial charge in [0.25, 0.3) is 0 Å². The normalized spacial score (nSPS) is 17.1. The summed E-state index contributed by atoms with van der Waals surface area (Å²) in [5.74, 6) is 0.446. The lowest BCUT2D eigenvalue weighted by Gasteiger charge is -2.25. The molecule has 0 saturated heterocycles. The minimum absolute atomic E-state index is 0.101. The van der Waals surface area contributed by atoms with Crippen molar-refractivity contribution in [1.29, 1.82) is 0 Å². The summed E-state index contributed by atoms with van der Waals surface area (Å²) in [4.78, 5) is 0.101. The minimum atomic E-state index is -3.34. The molecular weight excluding hydrogens is 246 g/mol. The Balaban J connectivity index is 2.34. The van der Waals surface area contributed by atoms with Gasteiger partial charge in [0.2, 0.25) is 0 Å². The molecular formula is C11H14ClNO2S. The van der Waals surface area contributed by atoms with E-state index in [2.05, 4.69) is 0 Å². The Morgan fingerprint density at radius 2 is 2.06 bits per heavy atom. The number of nitrogen functional groups attached to an aromatic ring is 1. The number of anilines is 1. The zero-order valence-electron chi connectivity index (χ0n) is 8.82. The van der Waals surface area contributed by atoms with Crippen LogP contribution in [-0.2, 0) is 9.84 Å². The Hall–Kier alpha value is -0.740. The van der Waals surface area contributed by atoms with Crippen LogP contribution in [0.4, 0.5) is 5.69 Å². The van der Waals surface area contributed by atoms with E-state index in [1.54, 1.807) is 18.2 Å². The molecule has 1 aliphatic carbocycles. The highest BCUT2D eigenvalue weighted by atomic mass is 35.5. The van der Waals surface area contributed by atoms with Crippen LogP contribution in [0.25, 0.3) is 0 Å². The van der Waals surface area contributed by atoms with Crippen molar-refractivity contribution in [3.63, 3.8) is 0 Å². The van der Waals surface area contributed by atoms with Gasteiger partial charge in [-0.3, -0.25) is 0 Å². The van der Waals surface area contributed by atoms with E-state index < -0.39 is 9.84 Å². The van der Waals surface area contributed by atoms with Gasteiger partial charge in [0, 0.05) is 0 Å². The highest BCUT2D eigenvalue weighted by Crippen LogP contribution is 2.33. The van der Waals surface area contributed by atoms with Crippen molar-refractivity contribution in [2.24, 2.45) is 5.92 Å². The first kappa shape index (κ1) is 11.7. The molecule has 3 nitrogen and oxygen atoms in total. The molecule has 0 bridgehead atoms. The van der Waals surface area contributed by atoms with E-state index in [-0.39, 0.29) is 27.3 Å². The van der Waals surface area contributed by atoms with Gasteiger partial charge in [-0.1, -0.05) is 24.1 Å². The molecule has 0 heterocycles. The molecule has 1 aromatic rings. The summed E-state index contributed by atoms with van der Waals surface area (Å²) in [6.07, 6.45) is 3.10. The van der Waals surface area contributed by atoms with Crippen LogP contribution >= 0.6 is 11.6 Å². The van der Waals surface area contributed by atoms with Crippen LogP contribution in [0.5, 0.6) is 0 Å². The van der Waals surface area contributed by atoms with Gasteiger partial charge in [-0.05, 0) is 30.9 Å². The quantitative estimate of drug-likeness (QED) is 0.849. The van der Waals surface area contributed by atoms with E-state index in [4.69, 9.17) is 17.3 Å². The molecule has 1 aromatic carbocycles. The Kier molecular flexibility index (Phi) is 3.13. The van der Waals surface area contributed by atoms with Gasteiger partial charge in [-0.15, -0.1) is 0 Å². The minimum Gasteiger partial charge on any atom is -0.398 e. The summed E-state index contributed by atoms with van der Waals surface area (Å²) >= 11 is 5.90. The maximum Gasteiger partial charge on any atom is 0.182 e. The van der Waals surface area contributed by atoms with Crippen LogP contribution in [0.3, 0.4) is 0 Å². The van der Waals surface area contributed by atoms with Crippen LogP contribution < -0.4 is 5.73 Å². The van der Waals surface area contributed by atoms with Gasteiger partial charge in [0.05, 0.1) is 16.5 Å². The van der Waals surface area contributed by atoms with Crippen molar-refractivity contribution in [3.8, 4) is 0 Å². The number of hydrogen-bond acceptors (Lipinski definition) is 3. The SMILES string of the molecule is Nc1cccc(Cl)c1S(=O)(=O)CC1CCC1. The second-order valence-corrected chi connectivity index (χ2v) is 6.61. The number of sulfone groups is 1. The largest absolute Gasteiger partial charge is 0.398 e. The number of halogens is 1. The highest BCUT2D eigenvalue weighted by Gasteiger charge is 2.28. The summed E-state index contributed by atoms with van der Waals surface area (Å²) < 4.78 is 24.2. The van der Waals surface area contributed by atoms with Crippen molar-refractivity contribution in [2.75, 3.05) is 11.5 Å².